The Labute approximate surface area is 166 Å². The van der Waals surface area contributed by atoms with E-state index in [1.165, 1.54) is 11.3 Å². The summed E-state index contributed by atoms with van der Waals surface area (Å²) in [5.74, 6) is -0.446. The van der Waals surface area contributed by atoms with E-state index in [0.717, 1.165) is 15.5 Å². The van der Waals surface area contributed by atoms with E-state index >= 15 is 0 Å². The summed E-state index contributed by atoms with van der Waals surface area (Å²) in [4.78, 5) is 29.7. The maximum absolute atomic E-state index is 12.2. The van der Waals surface area contributed by atoms with Crippen molar-refractivity contribution in [2.75, 3.05) is 6.26 Å². The second-order valence-electron chi connectivity index (χ2n) is 5.82. The number of Topliss-reactive ketones (excluding diaryl/α,β-unsaturated/α-hetero) is 1. The third kappa shape index (κ3) is 5.52. The molecule has 0 fully saturated rings. The number of ketones is 1. The van der Waals surface area contributed by atoms with E-state index in [1.54, 1.807) is 23.9 Å². The lowest BCUT2D eigenvalue weighted by molar-refractivity contribution is -0.145. The second kappa shape index (κ2) is 9.48. The monoisotopic (exact) mass is 397 g/mol. The molecule has 6 heteroatoms. The van der Waals surface area contributed by atoms with E-state index in [0.29, 0.717) is 11.3 Å². The van der Waals surface area contributed by atoms with Crippen LogP contribution in [0.1, 0.15) is 28.9 Å². The summed E-state index contributed by atoms with van der Waals surface area (Å²) in [7, 11) is 0. The fourth-order valence-corrected chi connectivity index (χ4v) is 3.67. The molecule has 4 nitrogen and oxygen atoms in total. The molecule has 138 valence electrons. The van der Waals surface area contributed by atoms with Crippen LogP contribution in [0.2, 0.25) is 0 Å². The van der Waals surface area contributed by atoms with Crippen molar-refractivity contribution < 1.29 is 14.3 Å². The molecule has 27 heavy (non-hydrogen) atoms. The molecule has 0 bridgehead atoms. The maximum Gasteiger partial charge on any atom is 0.306 e. The van der Waals surface area contributed by atoms with Crippen molar-refractivity contribution in [3.8, 4) is 10.6 Å². The average Bonchev–Trinajstić information content (AvgIpc) is 3.20. The van der Waals surface area contributed by atoms with Gasteiger partial charge < -0.3 is 4.74 Å². The zero-order valence-corrected chi connectivity index (χ0v) is 16.5. The van der Waals surface area contributed by atoms with Gasteiger partial charge in [-0.15, -0.1) is 23.1 Å². The first kappa shape index (κ1) is 19.3. The van der Waals surface area contributed by atoms with E-state index in [1.807, 2.05) is 54.1 Å². The van der Waals surface area contributed by atoms with Crippen molar-refractivity contribution in [2.24, 2.45) is 0 Å². The summed E-state index contributed by atoms with van der Waals surface area (Å²) in [5.41, 5.74) is 2.37. The summed E-state index contributed by atoms with van der Waals surface area (Å²) in [6.45, 7) is 0.124. The van der Waals surface area contributed by atoms with Crippen molar-refractivity contribution in [3.05, 3.63) is 71.2 Å². The number of hydrogen-bond acceptors (Lipinski definition) is 6. The number of esters is 1. The molecule has 0 aliphatic carbocycles. The first-order chi connectivity index (χ1) is 13.2. The zero-order chi connectivity index (χ0) is 19.1. The molecule has 3 rings (SSSR count). The number of thioether (sulfide) groups is 1. The molecule has 0 saturated carbocycles. The Morgan fingerprint density at radius 2 is 1.78 bits per heavy atom. The standard InChI is InChI=1S/C21H19NO3S2/c1-26-18-9-7-15(8-10-18)19(23)11-12-20(24)25-13-17-14-27-21(22-17)16-5-3-2-4-6-16/h2-10,14H,11-13H2,1H3. The van der Waals surface area contributed by atoms with Crippen LogP contribution in [0.5, 0.6) is 0 Å². The van der Waals surface area contributed by atoms with Crippen LogP contribution in [0, 0.1) is 0 Å². The summed E-state index contributed by atoms with van der Waals surface area (Å²) in [5, 5.41) is 2.78. The van der Waals surface area contributed by atoms with Crippen molar-refractivity contribution in [2.45, 2.75) is 24.3 Å². The smallest absolute Gasteiger partial charge is 0.306 e. The molecule has 0 aliphatic heterocycles. The number of hydrogen-bond donors (Lipinski definition) is 0. The molecular weight excluding hydrogens is 378 g/mol. The summed E-state index contributed by atoms with van der Waals surface area (Å²) < 4.78 is 5.25. The van der Waals surface area contributed by atoms with Gasteiger partial charge in [-0.3, -0.25) is 9.59 Å². The third-order valence-corrected chi connectivity index (χ3v) is 5.61. The predicted octanol–water partition coefficient (Wildman–Crippen LogP) is 5.24. The van der Waals surface area contributed by atoms with Gasteiger partial charge in [-0.25, -0.2) is 4.98 Å². The first-order valence-electron chi connectivity index (χ1n) is 8.48. The van der Waals surface area contributed by atoms with Gasteiger partial charge in [0, 0.05) is 27.8 Å². The highest BCUT2D eigenvalue weighted by atomic mass is 32.2. The number of benzene rings is 2. The molecule has 2 aromatic carbocycles. The van der Waals surface area contributed by atoms with E-state index in [4.69, 9.17) is 4.74 Å². The molecule has 0 radical (unpaired) electrons. The van der Waals surface area contributed by atoms with Gasteiger partial charge in [0.15, 0.2) is 5.78 Å². The number of rotatable bonds is 8. The predicted molar refractivity (Wildman–Crippen MR) is 109 cm³/mol. The fourth-order valence-electron chi connectivity index (χ4n) is 2.45. The fraction of sp³-hybridized carbons (Fsp3) is 0.190. The van der Waals surface area contributed by atoms with Crippen LogP contribution in [0.25, 0.3) is 10.6 Å². The topological polar surface area (TPSA) is 56.3 Å². The van der Waals surface area contributed by atoms with Crippen LogP contribution in [0.4, 0.5) is 0 Å². The lowest BCUT2D eigenvalue weighted by Gasteiger charge is -2.04. The zero-order valence-electron chi connectivity index (χ0n) is 14.9. The molecule has 0 saturated heterocycles. The highest BCUT2D eigenvalue weighted by molar-refractivity contribution is 7.98. The molecule has 1 heterocycles. The van der Waals surface area contributed by atoms with Crippen molar-refractivity contribution in [1.82, 2.24) is 4.98 Å². The Bertz CT molecular complexity index is 905. The molecule has 0 aliphatic rings. The molecular formula is C21H19NO3S2. The van der Waals surface area contributed by atoms with Crippen LogP contribution < -0.4 is 0 Å². The number of thiazole rings is 1. The van der Waals surface area contributed by atoms with Gasteiger partial charge in [0.05, 0.1) is 12.1 Å². The second-order valence-corrected chi connectivity index (χ2v) is 7.56. The molecule has 0 spiro atoms. The minimum absolute atomic E-state index is 0.0559. The number of carbonyl (C=O) groups excluding carboxylic acids is 2. The van der Waals surface area contributed by atoms with Gasteiger partial charge >= 0.3 is 5.97 Å². The van der Waals surface area contributed by atoms with E-state index < -0.39 is 5.97 Å². The SMILES string of the molecule is CSc1ccc(C(=O)CCC(=O)OCc2csc(-c3ccccc3)n2)cc1. The van der Waals surface area contributed by atoms with Crippen LogP contribution in [-0.2, 0) is 16.1 Å². The van der Waals surface area contributed by atoms with Gasteiger partial charge in [0.2, 0.25) is 0 Å². The molecule has 1 aromatic heterocycles. The molecule has 0 N–H and O–H groups in total. The van der Waals surface area contributed by atoms with Crippen molar-refractivity contribution >= 4 is 34.9 Å². The Morgan fingerprint density at radius 1 is 1.04 bits per heavy atom. The van der Waals surface area contributed by atoms with Crippen LogP contribution >= 0.6 is 23.1 Å². The van der Waals surface area contributed by atoms with Gasteiger partial charge in [0.1, 0.15) is 11.6 Å². The van der Waals surface area contributed by atoms with Gasteiger partial charge in [-0.2, -0.15) is 0 Å². The number of nitrogens with zero attached hydrogens (tertiary/aromatic N) is 1. The average molecular weight is 398 g/mol. The van der Waals surface area contributed by atoms with Crippen molar-refractivity contribution in [1.29, 1.82) is 0 Å². The van der Waals surface area contributed by atoms with Gasteiger partial charge in [-0.1, -0.05) is 42.5 Å². The lowest BCUT2D eigenvalue weighted by Crippen LogP contribution is -2.08. The quantitative estimate of drug-likeness (QED) is 0.296. The lowest BCUT2D eigenvalue weighted by atomic mass is 10.1. The van der Waals surface area contributed by atoms with E-state index in [-0.39, 0.29) is 25.2 Å². The first-order valence-corrected chi connectivity index (χ1v) is 10.6. The molecule has 0 unspecified atom stereocenters. The highest BCUT2D eigenvalue weighted by Crippen LogP contribution is 2.23. The Morgan fingerprint density at radius 3 is 2.48 bits per heavy atom. The van der Waals surface area contributed by atoms with Crippen LogP contribution in [-0.4, -0.2) is 23.0 Å². The van der Waals surface area contributed by atoms with Gasteiger partial charge in [0.25, 0.3) is 0 Å². The minimum Gasteiger partial charge on any atom is -0.459 e. The number of aromatic nitrogens is 1. The Hall–Kier alpha value is -2.44. The summed E-state index contributed by atoms with van der Waals surface area (Å²) in [6, 6.07) is 17.3. The van der Waals surface area contributed by atoms with Gasteiger partial charge in [-0.05, 0) is 18.4 Å². The number of carbonyl (C=O) groups is 2. The van der Waals surface area contributed by atoms with E-state index in [9.17, 15) is 9.59 Å². The summed E-state index contributed by atoms with van der Waals surface area (Å²) >= 11 is 3.14. The van der Waals surface area contributed by atoms with Crippen LogP contribution in [0.15, 0.2) is 64.9 Å². The molecule has 0 amide bonds. The Balaban J connectivity index is 1.45. The summed E-state index contributed by atoms with van der Waals surface area (Å²) in [6.07, 6.45) is 2.19. The van der Waals surface area contributed by atoms with Crippen LogP contribution in [0.3, 0.4) is 0 Å². The minimum atomic E-state index is -0.390. The molecule has 0 atom stereocenters. The highest BCUT2D eigenvalue weighted by Gasteiger charge is 2.12. The van der Waals surface area contributed by atoms with Crippen molar-refractivity contribution in [3.63, 3.8) is 0 Å². The molecule has 3 aromatic rings. The number of ether oxygens (including phenoxy) is 1. The normalized spacial score (nSPS) is 10.6. The third-order valence-electron chi connectivity index (χ3n) is 3.92. The maximum atomic E-state index is 12.2. The van der Waals surface area contributed by atoms with E-state index in [2.05, 4.69) is 4.98 Å². The Kier molecular flexibility index (Phi) is 6.79. The largest absolute Gasteiger partial charge is 0.459 e.